The summed E-state index contributed by atoms with van der Waals surface area (Å²) in [5.41, 5.74) is -6.38. The predicted molar refractivity (Wildman–Crippen MR) is 145 cm³/mol. The normalized spacial score (nSPS) is 40.4. The second-order valence-electron chi connectivity index (χ2n) is 12.8. The van der Waals surface area contributed by atoms with E-state index < -0.39 is 82.2 Å². The molecule has 2 bridgehead atoms. The van der Waals surface area contributed by atoms with E-state index in [1.54, 1.807) is 39.0 Å². The second-order valence-corrected chi connectivity index (χ2v) is 12.8. The summed E-state index contributed by atoms with van der Waals surface area (Å²) in [5.74, 6) is -4.41. The van der Waals surface area contributed by atoms with Gasteiger partial charge in [0.1, 0.15) is 17.8 Å². The Morgan fingerprint density at radius 2 is 1.64 bits per heavy atom. The Bertz CT molecular complexity index is 1350. The molecule has 0 radical (unpaired) electrons. The van der Waals surface area contributed by atoms with E-state index >= 15 is 0 Å². The van der Waals surface area contributed by atoms with Crippen LogP contribution in [0.5, 0.6) is 0 Å². The van der Waals surface area contributed by atoms with Gasteiger partial charge in [0, 0.05) is 32.1 Å². The zero-order chi connectivity index (χ0) is 31.0. The molecule has 5 rings (SSSR count). The number of benzene rings is 1. The first kappa shape index (κ1) is 30.3. The summed E-state index contributed by atoms with van der Waals surface area (Å²) in [5, 5.41) is 35.8. The molecule has 3 fully saturated rings. The van der Waals surface area contributed by atoms with Crippen LogP contribution < -0.4 is 0 Å². The first-order valence-electron chi connectivity index (χ1n) is 14.1. The van der Waals surface area contributed by atoms with Gasteiger partial charge >= 0.3 is 17.9 Å². The van der Waals surface area contributed by atoms with Gasteiger partial charge in [0.2, 0.25) is 0 Å². The van der Waals surface area contributed by atoms with Crippen molar-refractivity contribution in [2.75, 3.05) is 6.61 Å². The summed E-state index contributed by atoms with van der Waals surface area (Å²) in [6, 6.07) is 8.05. The zero-order valence-corrected chi connectivity index (χ0v) is 24.6. The minimum Gasteiger partial charge on any atom is -0.455 e. The van der Waals surface area contributed by atoms with Crippen molar-refractivity contribution in [3.8, 4) is 0 Å². The van der Waals surface area contributed by atoms with Crippen molar-refractivity contribution in [3.63, 3.8) is 0 Å². The van der Waals surface area contributed by atoms with E-state index in [-0.39, 0.29) is 30.6 Å². The number of carbonyl (C=O) groups is 4. The number of hydrogen-bond acceptors (Lipinski definition) is 11. The van der Waals surface area contributed by atoms with Crippen LogP contribution in [0.3, 0.4) is 0 Å². The summed E-state index contributed by atoms with van der Waals surface area (Å²) in [4.78, 5) is 53.4. The maximum Gasteiger partial charge on any atom is 0.338 e. The SMILES string of the molecule is CC(=O)O[C@H]1C(=O)[C@]2(C)C(O)C[C@H]3OC[C@@]3(OC(C)=O)[C@H]2[C@H](OC(=O)c2ccccc2)[C@]2(O)C[C@H](O)C(C)=C1C2(C)C. The number of ketones is 1. The largest absolute Gasteiger partial charge is 0.455 e. The number of ether oxygens (including phenoxy) is 4. The van der Waals surface area contributed by atoms with Gasteiger partial charge < -0.3 is 34.3 Å². The van der Waals surface area contributed by atoms with E-state index in [0.717, 1.165) is 6.92 Å². The van der Waals surface area contributed by atoms with E-state index in [9.17, 15) is 34.5 Å². The first-order chi connectivity index (χ1) is 19.5. The first-order valence-corrected chi connectivity index (χ1v) is 14.1. The average molecular weight is 587 g/mol. The molecule has 1 aliphatic heterocycles. The van der Waals surface area contributed by atoms with Crippen molar-refractivity contribution in [3.05, 3.63) is 47.0 Å². The second kappa shape index (κ2) is 9.97. The highest BCUT2D eigenvalue weighted by molar-refractivity contribution is 5.95. The topological polar surface area (TPSA) is 166 Å². The number of Topliss-reactive ketones (excluding diaryl/α,β-unsaturated/α-hetero) is 1. The Morgan fingerprint density at radius 1 is 1.00 bits per heavy atom. The number of hydrogen-bond donors (Lipinski definition) is 3. The highest BCUT2D eigenvalue weighted by Crippen LogP contribution is 2.64. The standard InChI is InChI=1S/C31H38O11/c1-15-19(34)13-31(38)26(41-27(37)18-10-8-7-9-11-18)24-29(6,20(35)12-21-30(24,14-39-21)42-17(3)33)25(36)23(40-16(2)32)22(15)28(31,4)5/h7-11,19-21,23-24,26,34-35,38H,12-14H2,1-6H3/t19-,20?,21+,23+,24-,26-,29+,30-,31+/m0/s1. The van der Waals surface area contributed by atoms with Crippen LogP contribution in [0.4, 0.5) is 0 Å². The molecule has 228 valence electrons. The molecule has 1 unspecified atom stereocenters. The zero-order valence-electron chi connectivity index (χ0n) is 24.6. The van der Waals surface area contributed by atoms with E-state index in [1.165, 1.54) is 26.0 Å². The fraction of sp³-hybridized carbons (Fsp3) is 0.613. The molecule has 1 heterocycles. The van der Waals surface area contributed by atoms with Crippen LogP contribution in [-0.2, 0) is 33.3 Å². The highest BCUT2D eigenvalue weighted by Gasteiger charge is 2.78. The molecule has 42 heavy (non-hydrogen) atoms. The number of aliphatic hydroxyl groups is 3. The third-order valence-corrected chi connectivity index (χ3v) is 10.2. The van der Waals surface area contributed by atoms with Gasteiger partial charge in [-0.05, 0) is 37.1 Å². The summed E-state index contributed by atoms with van der Waals surface area (Å²) < 4.78 is 23.5. The van der Waals surface area contributed by atoms with Gasteiger partial charge in [-0.25, -0.2) is 4.79 Å². The molecule has 2 saturated carbocycles. The molecule has 0 amide bonds. The van der Waals surface area contributed by atoms with Crippen molar-refractivity contribution in [1.82, 2.24) is 0 Å². The molecule has 11 nitrogen and oxygen atoms in total. The van der Waals surface area contributed by atoms with E-state index in [2.05, 4.69) is 0 Å². The number of carbonyl (C=O) groups excluding carboxylic acids is 4. The summed E-state index contributed by atoms with van der Waals surface area (Å²) in [6.07, 6.45) is -7.27. The Kier molecular flexibility index (Phi) is 7.20. The molecule has 3 aliphatic carbocycles. The lowest BCUT2D eigenvalue weighted by Gasteiger charge is -2.67. The highest BCUT2D eigenvalue weighted by atomic mass is 16.6. The maximum atomic E-state index is 14.8. The van der Waals surface area contributed by atoms with Crippen molar-refractivity contribution < 1.29 is 53.4 Å². The molecular weight excluding hydrogens is 548 g/mol. The quantitative estimate of drug-likeness (QED) is 0.267. The number of rotatable bonds is 4. The minimum atomic E-state index is -2.11. The molecule has 11 heteroatoms. The van der Waals surface area contributed by atoms with E-state index in [0.29, 0.717) is 5.57 Å². The van der Waals surface area contributed by atoms with Crippen LogP contribution in [0, 0.1) is 16.7 Å². The van der Waals surface area contributed by atoms with Crippen LogP contribution in [0.1, 0.15) is 64.7 Å². The van der Waals surface area contributed by atoms with Crippen molar-refractivity contribution in [2.24, 2.45) is 16.7 Å². The van der Waals surface area contributed by atoms with Gasteiger partial charge in [-0.3, -0.25) is 14.4 Å². The third kappa shape index (κ3) is 4.08. The fourth-order valence-electron chi connectivity index (χ4n) is 7.91. The van der Waals surface area contributed by atoms with Gasteiger partial charge in [-0.1, -0.05) is 32.0 Å². The van der Waals surface area contributed by atoms with Crippen LogP contribution in [-0.4, -0.2) is 87.3 Å². The average Bonchev–Trinajstić information content (AvgIpc) is 2.90. The molecule has 0 spiro atoms. The molecule has 0 aromatic heterocycles. The summed E-state index contributed by atoms with van der Waals surface area (Å²) >= 11 is 0. The minimum absolute atomic E-state index is 0.110. The van der Waals surface area contributed by atoms with Gasteiger partial charge in [0.05, 0.1) is 35.7 Å². The summed E-state index contributed by atoms with van der Waals surface area (Å²) in [7, 11) is 0. The van der Waals surface area contributed by atoms with Crippen LogP contribution in [0.15, 0.2) is 41.5 Å². The smallest absolute Gasteiger partial charge is 0.338 e. The predicted octanol–water partition coefficient (Wildman–Crippen LogP) is 1.65. The lowest BCUT2D eigenvalue weighted by atomic mass is 9.44. The molecular formula is C31H38O11. The van der Waals surface area contributed by atoms with Gasteiger partial charge in [0.25, 0.3) is 0 Å². The Hall–Kier alpha value is -3.12. The Morgan fingerprint density at radius 3 is 2.19 bits per heavy atom. The molecule has 1 saturated heterocycles. The van der Waals surface area contributed by atoms with E-state index in [1.807, 2.05) is 0 Å². The van der Waals surface area contributed by atoms with Crippen molar-refractivity contribution >= 4 is 23.7 Å². The molecule has 3 N–H and O–H groups in total. The third-order valence-electron chi connectivity index (χ3n) is 10.2. The maximum absolute atomic E-state index is 14.8. The molecule has 1 aromatic rings. The number of fused-ring (bicyclic) bond motifs is 5. The lowest BCUT2D eigenvalue weighted by molar-refractivity contribution is -0.345. The van der Waals surface area contributed by atoms with Crippen LogP contribution in [0.25, 0.3) is 0 Å². The van der Waals surface area contributed by atoms with Crippen molar-refractivity contribution in [1.29, 1.82) is 0 Å². The van der Waals surface area contributed by atoms with Gasteiger partial charge in [-0.2, -0.15) is 0 Å². The molecule has 9 atom stereocenters. The van der Waals surface area contributed by atoms with E-state index in [4.69, 9.17) is 18.9 Å². The lowest BCUT2D eigenvalue weighted by Crippen LogP contribution is -2.81. The molecule has 4 aliphatic rings. The number of aliphatic hydroxyl groups excluding tert-OH is 2. The Labute approximate surface area is 243 Å². The number of esters is 3. The van der Waals surface area contributed by atoms with Gasteiger partial charge in [-0.15, -0.1) is 0 Å². The Balaban J connectivity index is 1.84. The fourth-order valence-corrected chi connectivity index (χ4v) is 7.91. The van der Waals surface area contributed by atoms with Crippen LogP contribution in [0.2, 0.25) is 0 Å². The summed E-state index contributed by atoms with van der Waals surface area (Å²) in [6.45, 7) is 8.42. The van der Waals surface area contributed by atoms with Gasteiger partial charge in [0.15, 0.2) is 17.5 Å². The van der Waals surface area contributed by atoms with Crippen molar-refractivity contribution in [2.45, 2.75) is 96.1 Å². The monoisotopic (exact) mass is 586 g/mol. The van der Waals surface area contributed by atoms with Crippen LogP contribution >= 0.6 is 0 Å². The molecule has 1 aromatic carbocycles.